The van der Waals surface area contributed by atoms with Crippen molar-refractivity contribution in [2.24, 2.45) is 0 Å². The molecule has 23 heteroatoms. The number of nitrogens with one attached hydrogen (secondary N) is 3. The van der Waals surface area contributed by atoms with Crippen LogP contribution in [-0.2, 0) is 63.8 Å². The second-order valence-electron chi connectivity index (χ2n) is 20.3. The molecule has 0 bridgehead atoms. The van der Waals surface area contributed by atoms with Crippen LogP contribution in [0.3, 0.4) is 0 Å². The smallest absolute Gasteiger partial charge is 0.320 e. The summed E-state index contributed by atoms with van der Waals surface area (Å²) in [7, 11) is 0. The number of phenolic OH excluding ortho intramolecular Hbond substituents is 1. The van der Waals surface area contributed by atoms with E-state index in [-0.39, 0.29) is 64.5 Å². The molecular weight excluding hydrogens is 1040 g/mol. The van der Waals surface area contributed by atoms with Gasteiger partial charge >= 0.3 is 17.9 Å². The minimum absolute atomic E-state index is 0.0156. The Morgan fingerprint density at radius 2 is 1.03 bits per heavy atom. The van der Waals surface area contributed by atoms with E-state index in [1.54, 1.807) is 74.4 Å². The normalized spacial score (nSPS) is 16.1. The molecule has 0 unspecified atom stereocenters. The first-order valence-electron chi connectivity index (χ1n) is 23.7. The van der Waals surface area contributed by atoms with Crippen molar-refractivity contribution in [3.05, 3.63) is 39.5 Å². The predicted molar refractivity (Wildman–Crippen MR) is 269 cm³/mol. The van der Waals surface area contributed by atoms with Gasteiger partial charge in [0.15, 0.2) is 0 Å². The number of halogens is 1. The molecule has 0 radical (unpaired) electrons. The lowest BCUT2D eigenvalue weighted by Crippen LogP contribution is -2.51. The van der Waals surface area contributed by atoms with E-state index in [1.807, 2.05) is 42.2 Å². The number of nitrogens with zero attached hydrogens (tertiary/aromatic N) is 6. The van der Waals surface area contributed by atoms with Crippen molar-refractivity contribution < 1.29 is 62.5 Å². The van der Waals surface area contributed by atoms with Gasteiger partial charge in [-0.25, -0.2) is 0 Å². The zero-order valence-electron chi connectivity index (χ0n) is 42.7. The third-order valence-corrected chi connectivity index (χ3v) is 11.2. The zero-order chi connectivity index (χ0) is 53.1. The Hall–Kier alpha value is -5.24. The topological polar surface area (TPSA) is 257 Å². The largest absolute Gasteiger partial charge is 0.507 e. The van der Waals surface area contributed by atoms with E-state index in [0.29, 0.717) is 61.5 Å². The van der Waals surface area contributed by atoms with Crippen LogP contribution in [0.5, 0.6) is 5.75 Å². The molecule has 22 nitrogen and oxygen atoms in total. The molecule has 396 valence electrons. The molecule has 6 amide bonds. The lowest BCUT2D eigenvalue weighted by molar-refractivity contribution is -0.158. The number of rotatable bonds is 20. The van der Waals surface area contributed by atoms with Gasteiger partial charge in [0.25, 0.3) is 11.8 Å². The maximum absolute atomic E-state index is 13.7. The summed E-state index contributed by atoms with van der Waals surface area (Å²) < 4.78 is 17.4. The van der Waals surface area contributed by atoms with Crippen molar-refractivity contribution in [1.82, 2.24) is 45.3 Å². The van der Waals surface area contributed by atoms with Crippen molar-refractivity contribution in [2.45, 2.75) is 85.5 Å². The number of hydrogen-bond acceptors (Lipinski definition) is 17. The Labute approximate surface area is 430 Å². The van der Waals surface area contributed by atoms with Crippen molar-refractivity contribution >= 4 is 75.9 Å². The lowest BCUT2D eigenvalue weighted by Gasteiger charge is -2.34. The van der Waals surface area contributed by atoms with Crippen LogP contribution >= 0.6 is 22.6 Å². The minimum Gasteiger partial charge on any atom is -0.507 e. The molecule has 2 aliphatic rings. The number of imide groups is 1. The molecule has 0 aromatic heterocycles. The van der Waals surface area contributed by atoms with Crippen molar-refractivity contribution in [3.8, 4) is 5.75 Å². The van der Waals surface area contributed by atoms with Crippen LogP contribution in [0.25, 0.3) is 0 Å². The third kappa shape index (κ3) is 25.1. The van der Waals surface area contributed by atoms with Crippen LogP contribution in [0.1, 0.15) is 67.9 Å². The first-order chi connectivity index (χ1) is 33.0. The van der Waals surface area contributed by atoms with Gasteiger partial charge < -0.3 is 40.2 Å². The summed E-state index contributed by atoms with van der Waals surface area (Å²) in [4.78, 5) is 126. The number of amides is 6. The Morgan fingerprint density at radius 3 is 1.45 bits per heavy atom. The summed E-state index contributed by atoms with van der Waals surface area (Å²) in [5, 5.41) is 17.9. The fourth-order valence-electron chi connectivity index (χ4n) is 7.14. The Morgan fingerprint density at radius 1 is 0.606 bits per heavy atom. The highest BCUT2D eigenvalue weighted by Crippen LogP contribution is 2.21. The van der Waals surface area contributed by atoms with E-state index in [1.165, 1.54) is 11.0 Å². The van der Waals surface area contributed by atoms with Gasteiger partial charge in [0.1, 0.15) is 22.6 Å². The second-order valence-corrected chi connectivity index (χ2v) is 21.4. The molecule has 0 spiro atoms. The minimum atomic E-state index is -0.724. The Kier molecular flexibility index (Phi) is 23.8. The summed E-state index contributed by atoms with van der Waals surface area (Å²) in [5.74, 6) is -4.33. The Balaban J connectivity index is 1.74. The summed E-state index contributed by atoms with van der Waals surface area (Å²) in [5.41, 5.74) is -1.57. The Bertz CT molecular complexity index is 2020. The van der Waals surface area contributed by atoms with Crippen LogP contribution in [0.2, 0.25) is 0 Å². The average Bonchev–Trinajstić information content (AvgIpc) is 3.55. The average molecular weight is 1110 g/mol. The first kappa shape index (κ1) is 60.1. The molecule has 2 aliphatic heterocycles. The van der Waals surface area contributed by atoms with Gasteiger partial charge in [-0.1, -0.05) is 6.07 Å². The van der Waals surface area contributed by atoms with Crippen molar-refractivity contribution in [2.75, 3.05) is 118 Å². The number of ether oxygens (including phenoxy) is 3. The van der Waals surface area contributed by atoms with E-state index in [4.69, 9.17) is 14.2 Å². The van der Waals surface area contributed by atoms with Crippen LogP contribution < -0.4 is 16.0 Å². The second kappa shape index (κ2) is 28.1. The number of phenols is 1. The van der Waals surface area contributed by atoms with Gasteiger partial charge in [-0.15, -0.1) is 0 Å². The number of aromatic hydroxyl groups is 1. The molecule has 0 atom stereocenters. The van der Waals surface area contributed by atoms with E-state index < -0.39 is 83.2 Å². The van der Waals surface area contributed by atoms with Gasteiger partial charge in [-0.2, -0.15) is 0 Å². The van der Waals surface area contributed by atoms with Crippen LogP contribution in [0.15, 0.2) is 30.4 Å². The predicted octanol–water partition coefficient (Wildman–Crippen LogP) is -0.112. The zero-order valence-corrected chi connectivity index (χ0v) is 44.9. The van der Waals surface area contributed by atoms with Gasteiger partial charge in [-0.05, 0) is 103 Å². The maximum Gasteiger partial charge on any atom is 0.320 e. The molecule has 71 heavy (non-hydrogen) atoms. The highest BCUT2D eigenvalue weighted by atomic mass is 125. The molecule has 4 N–H and O–H groups in total. The number of hydrogen-bond donors (Lipinski definition) is 4. The number of carbonyl (C=O) groups excluding carboxylic acids is 9. The highest BCUT2D eigenvalue weighted by molar-refractivity contribution is 14.1. The lowest BCUT2D eigenvalue weighted by atomic mass is 10.1. The summed E-state index contributed by atoms with van der Waals surface area (Å²) in [6.07, 6.45) is 2.13. The molecule has 1 aromatic rings. The van der Waals surface area contributed by atoms with E-state index in [0.717, 1.165) is 17.1 Å². The summed E-state index contributed by atoms with van der Waals surface area (Å²) >= 11 is 1.94. The molecule has 0 saturated carbocycles. The molecule has 1 saturated heterocycles. The molecule has 1 aromatic carbocycles. The van der Waals surface area contributed by atoms with E-state index in [2.05, 4.69) is 16.0 Å². The van der Waals surface area contributed by atoms with Crippen LogP contribution in [0, 0.1) is 3.57 Å². The van der Waals surface area contributed by atoms with E-state index in [9.17, 15) is 48.3 Å². The molecular formula is C48H74IN9O13. The van der Waals surface area contributed by atoms with Gasteiger partial charge in [0, 0.05) is 90.7 Å². The molecule has 0 aliphatic carbocycles. The fraction of sp³-hybridized carbons (Fsp3) is 0.646. The molecule has 1 fully saturated rings. The molecule has 2 heterocycles. The van der Waals surface area contributed by atoms with Gasteiger partial charge in [0.2, 0.25) is 23.6 Å². The van der Waals surface area contributed by atoms with Gasteiger partial charge in [0.05, 0.1) is 49.3 Å². The number of carbonyl (C=O) groups is 9. The van der Waals surface area contributed by atoms with Gasteiger partial charge in [-0.3, -0.25) is 67.7 Å². The fourth-order valence-corrected chi connectivity index (χ4v) is 7.72. The van der Waals surface area contributed by atoms with Crippen LogP contribution in [-0.4, -0.2) is 222 Å². The third-order valence-electron chi connectivity index (χ3n) is 10.4. The van der Waals surface area contributed by atoms with Crippen molar-refractivity contribution in [1.29, 1.82) is 0 Å². The van der Waals surface area contributed by atoms with E-state index >= 15 is 0 Å². The number of benzene rings is 1. The standard InChI is InChI=1S/C48H74IN9O13/c1-46(2,3)69-43(66)31-54-20-18-53(19-21-55(32-44(67)70-47(4,5)6)23-25-56(24-22-54)33-45(68)71-48(7,8)9)29-38(61)51-14-16-57(42(65)27-34-10-11-36(59)35(49)26-34)30-39(62)52-28-37(60)50-15-17-58-40(63)12-13-41(58)64/h10-13,26,59H,14-25,27-33H2,1-9H3,(H,50,60)(H,51,61)(H,52,62)/i49-2. The SMILES string of the molecule is CC(C)(C)OC(=O)CN1CCN(CC(=O)NCCN(CC(=O)NCC(=O)NCCN2C(=O)C=CC2=O)C(=O)Cc2ccc(O)c([125I])c2)CCN(CC(=O)OC(C)(C)C)CCN(CC(=O)OC(C)(C)C)CC1. The molecule has 3 rings (SSSR count). The summed E-state index contributed by atoms with van der Waals surface area (Å²) in [6, 6.07) is 4.68. The quantitative estimate of drug-likeness (QED) is 0.0575. The highest BCUT2D eigenvalue weighted by Gasteiger charge is 2.27. The maximum atomic E-state index is 13.7. The first-order valence-corrected chi connectivity index (χ1v) is 24.8. The van der Waals surface area contributed by atoms with Crippen molar-refractivity contribution in [3.63, 3.8) is 0 Å². The monoisotopic (exact) mass is 1110 g/mol. The van der Waals surface area contributed by atoms with Crippen LogP contribution in [0.4, 0.5) is 0 Å². The number of esters is 3. The summed E-state index contributed by atoms with van der Waals surface area (Å²) in [6.45, 7) is 17.5.